The Labute approximate surface area is 333 Å². The van der Waals surface area contributed by atoms with Crippen LogP contribution in [-0.2, 0) is 9.53 Å². The molecule has 3 aromatic rings. The van der Waals surface area contributed by atoms with Crippen LogP contribution in [-0.4, -0.2) is 127 Å². The van der Waals surface area contributed by atoms with Crippen molar-refractivity contribution in [3.63, 3.8) is 0 Å². The molecule has 1 saturated carbocycles. The average Bonchev–Trinajstić information content (AvgIpc) is 3.66. The number of alkyl halides is 1. The largest absolute Gasteiger partial charge is 0.467 e. The van der Waals surface area contributed by atoms with Crippen molar-refractivity contribution in [1.82, 2.24) is 29.7 Å². The number of carbonyl (C=O) groups excluding carboxylic acids is 1. The number of benzene rings is 1. The van der Waals surface area contributed by atoms with Crippen LogP contribution < -0.4 is 9.64 Å². The van der Waals surface area contributed by atoms with Crippen molar-refractivity contribution in [2.24, 2.45) is 0 Å². The molecule has 1 amide bonds. The number of fused-ring (bicyclic) bond motifs is 2. The fourth-order valence-corrected chi connectivity index (χ4v) is 8.56. The Morgan fingerprint density at radius 3 is 2.60 bits per heavy atom. The van der Waals surface area contributed by atoms with Crippen LogP contribution in [0.1, 0.15) is 89.7 Å². The number of pyridine rings is 1. The van der Waals surface area contributed by atoms with Crippen LogP contribution in [0.4, 0.5) is 10.2 Å². The van der Waals surface area contributed by atoms with E-state index in [9.17, 15) is 9.18 Å². The normalized spacial score (nSPS) is 22.7. The Morgan fingerprint density at radius 2 is 1.91 bits per heavy atom. The molecule has 0 spiro atoms. The van der Waals surface area contributed by atoms with Crippen LogP contribution in [0.5, 0.6) is 6.01 Å². The third-order valence-electron chi connectivity index (χ3n) is 11.8. The molecule has 12 heteroatoms. The lowest BCUT2D eigenvalue weighted by Crippen LogP contribution is -2.36. The van der Waals surface area contributed by atoms with Crippen LogP contribution in [0.25, 0.3) is 22.2 Å². The van der Waals surface area contributed by atoms with E-state index in [1.807, 2.05) is 50.2 Å². The smallest absolute Gasteiger partial charge is 0.318 e. The Hall–Kier alpha value is -3.38. The van der Waals surface area contributed by atoms with Crippen molar-refractivity contribution in [3.8, 4) is 17.3 Å². The summed E-state index contributed by atoms with van der Waals surface area (Å²) >= 11 is 6.66. The monoisotopic (exact) mass is 779 g/mol. The molecule has 302 valence electrons. The number of methoxy groups -OCH3 is 2. The number of hydrogen-bond donors (Lipinski definition) is 0. The van der Waals surface area contributed by atoms with Gasteiger partial charge in [0.2, 0.25) is 5.91 Å². The Morgan fingerprint density at radius 1 is 1.15 bits per heavy atom. The molecule has 0 bridgehead atoms. The summed E-state index contributed by atoms with van der Waals surface area (Å²) in [5, 5.41) is 1.65. The summed E-state index contributed by atoms with van der Waals surface area (Å²) in [7, 11) is 7.40. The zero-order valence-electron chi connectivity index (χ0n) is 34.6. The van der Waals surface area contributed by atoms with Gasteiger partial charge in [0.1, 0.15) is 12.0 Å². The third-order valence-corrected chi connectivity index (χ3v) is 12.1. The van der Waals surface area contributed by atoms with Gasteiger partial charge < -0.3 is 24.2 Å². The number of likely N-dealkylation sites (tertiary alicyclic amines) is 1. The van der Waals surface area contributed by atoms with Crippen LogP contribution in [0.15, 0.2) is 36.5 Å². The summed E-state index contributed by atoms with van der Waals surface area (Å²) in [4.78, 5) is 36.0. The molecule has 0 N–H and O–H groups in total. The molecule has 0 radical (unpaired) electrons. The number of halogens is 2. The van der Waals surface area contributed by atoms with Crippen molar-refractivity contribution in [2.75, 3.05) is 72.5 Å². The van der Waals surface area contributed by atoms with Crippen molar-refractivity contribution >= 4 is 34.2 Å². The van der Waals surface area contributed by atoms with Gasteiger partial charge in [0, 0.05) is 86.9 Å². The summed E-state index contributed by atoms with van der Waals surface area (Å²) in [6, 6.07) is 6.46. The summed E-state index contributed by atoms with van der Waals surface area (Å²) in [6.45, 7) is 15.1. The van der Waals surface area contributed by atoms with Gasteiger partial charge in [0.25, 0.3) is 0 Å². The first kappa shape index (κ1) is 42.8. The number of aryl methyl sites for hydroxylation is 1. The topological polar surface area (TPSA) is 87.2 Å². The molecule has 2 aromatic heterocycles. The molecule has 4 unspecified atom stereocenters. The quantitative estimate of drug-likeness (QED) is 0.169. The van der Waals surface area contributed by atoms with E-state index >= 15 is 0 Å². The zero-order chi connectivity index (χ0) is 39.9. The lowest BCUT2D eigenvalue weighted by Gasteiger charge is -2.27. The minimum Gasteiger partial charge on any atom is -0.467 e. The number of hydrogen-bond acceptors (Lipinski definition) is 9. The van der Waals surface area contributed by atoms with E-state index in [2.05, 4.69) is 48.6 Å². The van der Waals surface area contributed by atoms with Gasteiger partial charge in [0.15, 0.2) is 0 Å². The van der Waals surface area contributed by atoms with E-state index in [1.165, 1.54) is 18.4 Å². The fraction of sp³-hybridized carbons (Fsp3) is 0.628. The van der Waals surface area contributed by atoms with E-state index in [0.717, 1.165) is 90.3 Å². The third kappa shape index (κ3) is 10.1. The molecule has 4 aliphatic rings. The Balaban J connectivity index is 0.000000411. The maximum absolute atomic E-state index is 13.0. The molecule has 10 nitrogen and oxygen atoms in total. The van der Waals surface area contributed by atoms with Crippen molar-refractivity contribution in [3.05, 3.63) is 52.7 Å². The number of nitrogens with zero attached hydrogens (tertiary/aromatic N) is 7. The molecule has 1 aliphatic carbocycles. The average molecular weight is 780 g/mol. The fourth-order valence-electron chi connectivity index (χ4n) is 8.23. The van der Waals surface area contributed by atoms with E-state index in [1.54, 1.807) is 20.3 Å². The second-order valence-corrected chi connectivity index (χ2v) is 16.1. The van der Waals surface area contributed by atoms with Crippen LogP contribution >= 0.6 is 11.6 Å². The second kappa shape index (κ2) is 19.2. The zero-order valence-corrected chi connectivity index (χ0v) is 35.3. The summed E-state index contributed by atoms with van der Waals surface area (Å²) < 4.78 is 23.7. The van der Waals surface area contributed by atoms with Gasteiger partial charge in [-0.05, 0) is 96.9 Å². The minimum absolute atomic E-state index is 0.0369. The molecule has 55 heavy (non-hydrogen) atoms. The highest BCUT2D eigenvalue weighted by Gasteiger charge is 2.44. The van der Waals surface area contributed by atoms with Crippen molar-refractivity contribution in [2.45, 2.75) is 109 Å². The number of anilines is 1. The van der Waals surface area contributed by atoms with E-state index < -0.39 is 6.17 Å². The number of amides is 1. The molecular formula is C43H63ClFN7O3. The number of aromatic nitrogens is 3. The van der Waals surface area contributed by atoms with Gasteiger partial charge >= 0.3 is 6.01 Å². The summed E-state index contributed by atoms with van der Waals surface area (Å²) in [5.41, 5.74) is 5.13. The number of carbonyl (C=O) groups is 1. The maximum atomic E-state index is 13.0. The second-order valence-electron chi connectivity index (χ2n) is 15.7. The number of likely N-dealkylation sites (N-methyl/N-ethyl adjacent to an activating group) is 2. The van der Waals surface area contributed by atoms with Gasteiger partial charge in [-0.25, -0.2) is 4.39 Å². The standard InChI is InChI=1S/C33H43ClN6O3.C8H14FN.C2H6/c1-21(42-5)14-17-38(3)16-8-11-28(41)40-18-15-24(20-40)39(4)32-26-19-35-30(22(2)31(26)36-33(37-32)43-6)25-9-7-10-27(34)29(25)23-12-13-23;1-8-3-2-4-10(8)6-7(9)5-8;1-2/h7-11,19,21,23-24H,12-18,20H2,1-6H3;7H,2-6H2,1H3;1-2H3/b11-8+;;. The van der Waals surface area contributed by atoms with Gasteiger partial charge in [-0.3, -0.25) is 14.7 Å². The first-order chi connectivity index (χ1) is 26.4. The molecule has 3 aliphatic heterocycles. The van der Waals surface area contributed by atoms with E-state index in [-0.39, 0.29) is 23.6 Å². The summed E-state index contributed by atoms with van der Waals surface area (Å²) in [6.07, 6.45) is 12.5. The minimum atomic E-state index is -0.551. The highest BCUT2D eigenvalue weighted by molar-refractivity contribution is 6.32. The first-order valence-corrected chi connectivity index (χ1v) is 20.6. The predicted octanol–water partition coefficient (Wildman–Crippen LogP) is 8.10. The number of rotatable bonds is 12. The predicted molar refractivity (Wildman–Crippen MR) is 222 cm³/mol. The molecule has 5 heterocycles. The Kier molecular flexibility index (Phi) is 14.9. The molecule has 1 aromatic carbocycles. The van der Waals surface area contributed by atoms with Gasteiger partial charge in [-0.15, -0.1) is 0 Å². The molecule has 4 fully saturated rings. The lowest BCUT2D eigenvalue weighted by molar-refractivity contribution is -0.125. The summed E-state index contributed by atoms with van der Waals surface area (Å²) in [5.74, 6) is 1.27. The van der Waals surface area contributed by atoms with Crippen LogP contribution in [0, 0.1) is 6.92 Å². The highest BCUT2D eigenvalue weighted by atomic mass is 35.5. The van der Waals surface area contributed by atoms with Gasteiger partial charge in [0.05, 0.1) is 29.8 Å². The lowest BCUT2D eigenvalue weighted by atomic mass is 9.96. The van der Waals surface area contributed by atoms with E-state index in [0.29, 0.717) is 31.6 Å². The number of ether oxygens (including phenoxy) is 2. The van der Waals surface area contributed by atoms with Gasteiger partial charge in [-0.1, -0.05) is 43.7 Å². The first-order valence-electron chi connectivity index (χ1n) is 20.2. The highest BCUT2D eigenvalue weighted by Crippen LogP contribution is 2.48. The van der Waals surface area contributed by atoms with E-state index in [4.69, 9.17) is 36.0 Å². The van der Waals surface area contributed by atoms with Crippen molar-refractivity contribution in [1.29, 1.82) is 0 Å². The van der Waals surface area contributed by atoms with Crippen LogP contribution in [0.2, 0.25) is 5.02 Å². The molecular weight excluding hydrogens is 717 g/mol. The molecule has 4 atom stereocenters. The SMILES string of the molecule is CC.CC12CCCN1CC(F)C2.COc1nc(N(C)C2CCN(C(=O)/C=C/CN(C)CCC(C)OC)C2)c2cnc(-c3cccc(Cl)c3C3CC3)c(C)c2n1. The Bertz CT molecular complexity index is 1790. The van der Waals surface area contributed by atoms with Crippen LogP contribution in [0.3, 0.4) is 0 Å². The van der Waals surface area contributed by atoms with Crippen molar-refractivity contribution < 1.29 is 18.7 Å². The van der Waals surface area contributed by atoms with Gasteiger partial charge in [-0.2, -0.15) is 9.97 Å². The molecule has 3 saturated heterocycles. The maximum Gasteiger partial charge on any atom is 0.318 e. The molecule has 7 rings (SSSR count).